The van der Waals surface area contributed by atoms with Crippen molar-refractivity contribution in [2.75, 3.05) is 6.66 Å². The lowest BCUT2D eigenvalue weighted by Gasteiger charge is -2.09. The minimum Gasteiger partial charge on any atom is -0.302 e. The van der Waals surface area contributed by atoms with Gasteiger partial charge in [0.25, 0.3) is 0 Å². The monoisotopic (exact) mass is 264 g/mol. The highest BCUT2D eigenvalue weighted by molar-refractivity contribution is 7.94. The topological polar surface area (TPSA) is 17.1 Å². The van der Waals surface area contributed by atoms with Crippen molar-refractivity contribution in [3.05, 3.63) is 29.1 Å². The summed E-state index contributed by atoms with van der Waals surface area (Å²) in [7, 11) is 0. The minimum absolute atomic E-state index is 0.687. The average Bonchev–Trinajstić information content (AvgIpc) is 2.09. The zero-order chi connectivity index (χ0) is 12.0. The molecule has 84 valence electrons. The van der Waals surface area contributed by atoms with Crippen molar-refractivity contribution in [3.8, 4) is 0 Å². The Kier molecular flexibility index (Phi) is 3.12. The maximum Gasteiger partial charge on any atom is 0.200 e. The summed E-state index contributed by atoms with van der Waals surface area (Å²) in [4.78, 5) is 0. The van der Waals surface area contributed by atoms with Gasteiger partial charge in [0.05, 0.1) is 0 Å². The van der Waals surface area contributed by atoms with Gasteiger partial charge in [-0.2, -0.15) is 0 Å². The Morgan fingerprint density at radius 3 is 1.40 bits per heavy atom. The van der Waals surface area contributed by atoms with Crippen LogP contribution >= 0.6 is 17.7 Å². The Labute approximate surface area is 86.0 Å². The maximum atomic E-state index is 12.9. The van der Waals surface area contributed by atoms with Crippen LogP contribution in [0.4, 0.5) is 22.0 Å². The van der Waals surface area contributed by atoms with E-state index >= 15 is 0 Å². The van der Waals surface area contributed by atoms with Gasteiger partial charge >= 0.3 is 0 Å². The van der Waals surface area contributed by atoms with E-state index in [1.165, 1.54) is 0 Å². The van der Waals surface area contributed by atoms with E-state index in [0.29, 0.717) is 6.66 Å². The van der Waals surface area contributed by atoms with Crippen LogP contribution in [-0.2, 0) is 4.57 Å². The molecule has 1 aromatic rings. The molecule has 15 heavy (non-hydrogen) atoms. The molecule has 0 bridgehead atoms. The van der Waals surface area contributed by atoms with Gasteiger partial charge in [-0.1, -0.05) is 0 Å². The van der Waals surface area contributed by atoms with Crippen LogP contribution in [0.25, 0.3) is 0 Å². The Bertz CT molecular complexity index is 440. The van der Waals surface area contributed by atoms with Gasteiger partial charge in [-0.15, -0.1) is 0 Å². The SMILES string of the molecule is CP(=O)(Cl)c1c(F)c(F)c(F)c(F)c1F. The normalized spacial score (nSPS) is 15.1. The lowest BCUT2D eigenvalue weighted by atomic mass is 10.3. The molecule has 0 spiro atoms. The van der Waals surface area contributed by atoms with Crippen LogP contribution < -0.4 is 5.30 Å². The first-order valence-electron chi connectivity index (χ1n) is 3.47. The minimum atomic E-state index is -4.09. The molecule has 0 aliphatic heterocycles. The summed E-state index contributed by atoms with van der Waals surface area (Å²) in [5.41, 5.74) is 0. The molecular weight excluding hydrogens is 261 g/mol. The standard InChI is InChI=1S/C7H3ClF5OP/c1-15(8,14)7-5(12)3(10)2(9)4(11)6(7)13/h1H3. The summed E-state index contributed by atoms with van der Waals surface area (Å²) in [6, 6.07) is 0. The van der Waals surface area contributed by atoms with Crippen molar-refractivity contribution in [1.82, 2.24) is 0 Å². The van der Waals surface area contributed by atoms with Gasteiger partial charge in [-0.3, -0.25) is 0 Å². The third kappa shape index (κ3) is 2.01. The van der Waals surface area contributed by atoms with Crippen LogP contribution in [0.5, 0.6) is 0 Å². The second-order valence-electron chi connectivity index (χ2n) is 2.74. The number of rotatable bonds is 1. The van der Waals surface area contributed by atoms with E-state index in [1.54, 1.807) is 0 Å². The van der Waals surface area contributed by atoms with Gasteiger partial charge in [0, 0.05) is 6.66 Å². The molecule has 0 aliphatic rings. The zero-order valence-electron chi connectivity index (χ0n) is 7.12. The first-order chi connectivity index (χ1) is 6.68. The van der Waals surface area contributed by atoms with Gasteiger partial charge in [0.2, 0.25) is 12.3 Å². The molecule has 0 aliphatic carbocycles. The second kappa shape index (κ2) is 3.76. The van der Waals surface area contributed by atoms with Gasteiger partial charge in [-0.05, 0) is 11.2 Å². The lowest BCUT2D eigenvalue weighted by molar-refractivity contribution is 0.384. The molecular formula is C7H3ClF5OP. The first kappa shape index (κ1) is 12.5. The van der Waals surface area contributed by atoms with Crippen LogP contribution in [-0.4, -0.2) is 6.66 Å². The van der Waals surface area contributed by atoms with E-state index in [1.807, 2.05) is 0 Å². The summed E-state index contributed by atoms with van der Waals surface area (Å²) in [5, 5.41) is -1.47. The summed E-state index contributed by atoms with van der Waals surface area (Å²) in [6.07, 6.45) is 0. The predicted octanol–water partition coefficient (Wildman–Crippen LogP) is 3.15. The molecule has 1 atom stereocenters. The molecule has 0 N–H and O–H groups in total. The molecule has 1 rings (SSSR count). The van der Waals surface area contributed by atoms with E-state index in [4.69, 9.17) is 11.2 Å². The van der Waals surface area contributed by atoms with Crippen molar-refractivity contribution in [3.63, 3.8) is 0 Å². The Hall–Kier alpha value is -0.610. The summed E-state index contributed by atoms with van der Waals surface area (Å²) in [5.74, 6) is -10.9. The molecule has 0 heterocycles. The Balaban J connectivity index is 3.76. The number of hydrogen-bond acceptors (Lipinski definition) is 1. The molecule has 0 amide bonds. The van der Waals surface area contributed by atoms with E-state index in [2.05, 4.69) is 0 Å². The fourth-order valence-electron chi connectivity index (χ4n) is 0.944. The Morgan fingerprint density at radius 1 is 0.867 bits per heavy atom. The fourth-order valence-corrected chi connectivity index (χ4v) is 2.29. The molecule has 1 unspecified atom stereocenters. The molecule has 1 nitrogen and oxygen atoms in total. The van der Waals surface area contributed by atoms with Gasteiger partial charge in [0.15, 0.2) is 23.3 Å². The average molecular weight is 265 g/mol. The highest BCUT2D eigenvalue weighted by atomic mass is 35.7. The predicted molar refractivity (Wildman–Crippen MR) is 45.2 cm³/mol. The van der Waals surface area contributed by atoms with E-state index in [-0.39, 0.29) is 0 Å². The molecule has 8 heteroatoms. The molecule has 1 aromatic carbocycles. The van der Waals surface area contributed by atoms with E-state index in [0.717, 1.165) is 0 Å². The zero-order valence-corrected chi connectivity index (χ0v) is 8.77. The highest BCUT2D eigenvalue weighted by Crippen LogP contribution is 2.47. The van der Waals surface area contributed by atoms with Gasteiger partial charge in [-0.25, -0.2) is 22.0 Å². The second-order valence-corrected chi connectivity index (χ2v) is 6.76. The van der Waals surface area contributed by atoms with Crippen LogP contribution in [0.2, 0.25) is 0 Å². The smallest absolute Gasteiger partial charge is 0.200 e. The summed E-state index contributed by atoms with van der Waals surface area (Å²) >= 11 is 5.09. The molecule has 0 saturated heterocycles. The number of halogens is 6. The first-order valence-corrected chi connectivity index (χ1v) is 6.53. The number of benzene rings is 1. The lowest BCUT2D eigenvalue weighted by Crippen LogP contribution is -2.19. The van der Waals surface area contributed by atoms with Gasteiger partial charge in [0.1, 0.15) is 5.30 Å². The van der Waals surface area contributed by atoms with Crippen molar-refractivity contribution in [2.45, 2.75) is 0 Å². The maximum absolute atomic E-state index is 12.9. The third-order valence-corrected chi connectivity index (χ3v) is 3.28. The van der Waals surface area contributed by atoms with Crippen molar-refractivity contribution in [2.24, 2.45) is 0 Å². The van der Waals surface area contributed by atoms with Crippen LogP contribution in [0.15, 0.2) is 0 Å². The summed E-state index contributed by atoms with van der Waals surface area (Å²) < 4.78 is 74.7. The third-order valence-electron chi connectivity index (χ3n) is 1.59. The van der Waals surface area contributed by atoms with Crippen molar-refractivity contribution < 1.29 is 26.5 Å². The van der Waals surface area contributed by atoms with E-state index < -0.39 is 40.9 Å². The molecule has 0 saturated carbocycles. The largest absolute Gasteiger partial charge is 0.302 e. The highest BCUT2D eigenvalue weighted by Gasteiger charge is 2.33. The molecule has 0 radical (unpaired) electrons. The summed E-state index contributed by atoms with van der Waals surface area (Å²) in [6.45, 7) is -3.40. The van der Waals surface area contributed by atoms with Crippen LogP contribution in [0.1, 0.15) is 0 Å². The van der Waals surface area contributed by atoms with Crippen molar-refractivity contribution in [1.29, 1.82) is 0 Å². The van der Waals surface area contributed by atoms with Crippen LogP contribution in [0, 0.1) is 29.1 Å². The number of hydrogen-bond donors (Lipinski definition) is 0. The van der Waals surface area contributed by atoms with Crippen LogP contribution in [0.3, 0.4) is 0 Å². The fraction of sp³-hybridized carbons (Fsp3) is 0.143. The molecule has 0 aromatic heterocycles. The Morgan fingerprint density at radius 2 is 1.13 bits per heavy atom. The quantitative estimate of drug-likeness (QED) is 0.330. The van der Waals surface area contributed by atoms with E-state index in [9.17, 15) is 26.5 Å². The van der Waals surface area contributed by atoms with Gasteiger partial charge < -0.3 is 4.57 Å². The van der Waals surface area contributed by atoms with Crippen molar-refractivity contribution >= 4 is 23.0 Å². The molecule has 0 fully saturated rings.